The zero-order valence-electron chi connectivity index (χ0n) is 17.6. The van der Waals surface area contributed by atoms with Crippen molar-refractivity contribution < 1.29 is 14.3 Å². The molecule has 4 rings (SSSR count). The Morgan fingerprint density at radius 2 is 2.00 bits per heavy atom. The van der Waals surface area contributed by atoms with Gasteiger partial charge in [-0.1, -0.05) is 47.6 Å². The molecule has 0 aliphatic carbocycles. The van der Waals surface area contributed by atoms with E-state index in [0.717, 1.165) is 11.1 Å². The van der Waals surface area contributed by atoms with Crippen LogP contribution in [0.5, 0.6) is 11.5 Å². The van der Waals surface area contributed by atoms with E-state index in [1.165, 1.54) is 11.8 Å². The SMILES string of the molecule is CCOc1cc([C@H]2CC(=O)Nc3nc(SCc4ccccc4Cl)[nH]c(=O)c32)ccc1OC. The predicted octanol–water partition coefficient (Wildman–Crippen LogP) is 4.60. The second kappa shape index (κ2) is 9.67. The van der Waals surface area contributed by atoms with Crippen LogP contribution in [0.3, 0.4) is 0 Å². The number of aromatic amines is 1. The van der Waals surface area contributed by atoms with Crippen LogP contribution < -0.4 is 20.3 Å². The van der Waals surface area contributed by atoms with Crippen LogP contribution in [-0.2, 0) is 10.5 Å². The van der Waals surface area contributed by atoms with E-state index in [4.69, 9.17) is 21.1 Å². The van der Waals surface area contributed by atoms with Gasteiger partial charge in [0.05, 0.1) is 19.3 Å². The van der Waals surface area contributed by atoms with Crippen molar-refractivity contribution in [1.82, 2.24) is 9.97 Å². The molecule has 9 heteroatoms. The number of ether oxygens (including phenoxy) is 2. The summed E-state index contributed by atoms with van der Waals surface area (Å²) in [6.07, 6.45) is 0.141. The third kappa shape index (κ3) is 4.61. The third-order valence-electron chi connectivity index (χ3n) is 5.14. The number of aromatic nitrogens is 2. The van der Waals surface area contributed by atoms with Gasteiger partial charge in [-0.05, 0) is 36.2 Å². The second-order valence-corrected chi connectivity index (χ2v) is 8.53. The quantitative estimate of drug-likeness (QED) is 0.386. The van der Waals surface area contributed by atoms with Crippen molar-refractivity contribution in [2.75, 3.05) is 19.0 Å². The zero-order chi connectivity index (χ0) is 22.7. The van der Waals surface area contributed by atoms with Gasteiger partial charge in [-0.25, -0.2) is 4.98 Å². The van der Waals surface area contributed by atoms with Gasteiger partial charge in [-0.3, -0.25) is 9.59 Å². The van der Waals surface area contributed by atoms with E-state index in [1.54, 1.807) is 13.2 Å². The fourth-order valence-corrected chi connectivity index (χ4v) is 4.79. The number of halogens is 1. The Morgan fingerprint density at radius 3 is 2.75 bits per heavy atom. The van der Waals surface area contributed by atoms with Crippen LogP contribution in [0, 0.1) is 0 Å². The molecule has 1 atom stereocenters. The van der Waals surface area contributed by atoms with Crippen LogP contribution in [-0.4, -0.2) is 29.6 Å². The lowest BCUT2D eigenvalue weighted by Crippen LogP contribution is -2.31. The number of amides is 1. The Bertz CT molecular complexity index is 1210. The number of anilines is 1. The van der Waals surface area contributed by atoms with E-state index >= 15 is 0 Å². The Balaban J connectivity index is 1.67. The lowest BCUT2D eigenvalue weighted by molar-refractivity contribution is -0.116. The molecule has 1 aliphatic heterocycles. The van der Waals surface area contributed by atoms with Gasteiger partial charge in [0.25, 0.3) is 5.56 Å². The van der Waals surface area contributed by atoms with Crippen molar-refractivity contribution in [3.8, 4) is 11.5 Å². The maximum atomic E-state index is 13.0. The number of carbonyl (C=O) groups excluding carboxylic acids is 1. The summed E-state index contributed by atoms with van der Waals surface area (Å²) in [6.45, 7) is 2.35. The molecule has 0 unspecified atom stereocenters. The molecule has 0 spiro atoms. The van der Waals surface area contributed by atoms with Crippen molar-refractivity contribution in [1.29, 1.82) is 0 Å². The molecule has 166 valence electrons. The van der Waals surface area contributed by atoms with Gasteiger partial charge in [-0.15, -0.1) is 0 Å². The molecule has 2 heterocycles. The third-order valence-corrected chi connectivity index (χ3v) is 6.43. The summed E-state index contributed by atoms with van der Waals surface area (Å²) in [6, 6.07) is 12.9. The van der Waals surface area contributed by atoms with Crippen LogP contribution in [0.2, 0.25) is 5.02 Å². The molecule has 2 N–H and O–H groups in total. The fraction of sp³-hybridized carbons (Fsp3) is 0.261. The van der Waals surface area contributed by atoms with Gasteiger partial charge in [0.2, 0.25) is 5.91 Å². The molecule has 32 heavy (non-hydrogen) atoms. The highest BCUT2D eigenvalue weighted by Gasteiger charge is 2.31. The van der Waals surface area contributed by atoms with Gasteiger partial charge in [0.15, 0.2) is 16.7 Å². The number of thioether (sulfide) groups is 1. The highest BCUT2D eigenvalue weighted by Crippen LogP contribution is 2.38. The molecule has 1 aliphatic rings. The molecule has 1 amide bonds. The number of benzene rings is 2. The van der Waals surface area contributed by atoms with Crippen LogP contribution in [0.25, 0.3) is 0 Å². The first kappa shape index (κ1) is 22.2. The van der Waals surface area contributed by atoms with Gasteiger partial charge < -0.3 is 19.8 Å². The molecule has 3 aromatic rings. The first-order valence-corrected chi connectivity index (χ1v) is 11.5. The highest BCUT2D eigenvalue weighted by atomic mass is 35.5. The van der Waals surface area contributed by atoms with Crippen LogP contribution in [0.4, 0.5) is 5.82 Å². The summed E-state index contributed by atoms with van der Waals surface area (Å²) in [5.74, 6) is 1.34. The summed E-state index contributed by atoms with van der Waals surface area (Å²) in [5, 5.41) is 3.81. The molecule has 0 saturated heterocycles. The fourth-order valence-electron chi connectivity index (χ4n) is 3.64. The summed E-state index contributed by atoms with van der Waals surface area (Å²) >= 11 is 7.57. The number of H-pyrrole nitrogens is 1. The predicted molar refractivity (Wildman–Crippen MR) is 125 cm³/mol. The molecule has 1 aromatic heterocycles. The number of fused-ring (bicyclic) bond motifs is 1. The van der Waals surface area contributed by atoms with E-state index in [-0.39, 0.29) is 23.7 Å². The Hall–Kier alpha value is -2.97. The van der Waals surface area contributed by atoms with Crippen molar-refractivity contribution >= 4 is 35.1 Å². The topological polar surface area (TPSA) is 93.3 Å². The number of carbonyl (C=O) groups is 1. The minimum absolute atomic E-state index is 0.141. The number of nitrogens with one attached hydrogen (secondary N) is 2. The van der Waals surface area contributed by atoms with Gasteiger partial charge in [0, 0.05) is 23.1 Å². The lowest BCUT2D eigenvalue weighted by Gasteiger charge is -2.25. The minimum Gasteiger partial charge on any atom is -0.493 e. The Labute approximate surface area is 194 Å². The summed E-state index contributed by atoms with van der Waals surface area (Å²) in [5.41, 5.74) is 1.87. The van der Waals surface area contributed by atoms with Crippen molar-refractivity contribution in [3.63, 3.8) is 0 Å². The van der Waals surface area contributed by atoms with E-state index in [0.29, 0.717) is 39.6 Å². The maximum absolute atomic E-state index is 13.0. The maximum Gasteiger partial charge on any atom is 0.257 e. The van der Waals surface area contributed by atoms with Crippen LogP contribution in [0.1, 0.15) is 36.0 Å². The molecule has 2 aromatic carbocycles. The first-order valence-electron chi connectivity index (χ1n) is 10.1. The lowest BCUT2D eigenvalue weighted by atomic mass is 9.86. The van der Waals surface area contributed by atoms with Crippen molar-refractivity contribution in [3.05, 3.63) is 74.5 Å². The summed E-state index contributed by atoms with van der Waals surface area (Å²) < 4.78 is 11.0. The van der Waals surface area contributed by atoms with Crippen molar-refractivity contribution in [2.24, 2.45) is 0 Å². The van der Waals surface area contributed by atoms with Gasteiger partial charge in [0.1, 0.15) is 5.82 Å². The van der Waals surface area contributed by atoms with E-state index in [1.807, 2.05) is 43.3 Å². The van der Waals surface area contributed by atoms with E-state index < -0.39 is 5.92 Å². The smallest absolute Gasteiger partial charge is 0.257 e. The average Bonchev–Trinajstić information content (AvgIpc) is 2.78. The molecular weight excluding hydrogens is 450 g/mol. The van der Waals surface area contributed by atoms with E-state index in [2.05, 4.69) is 15.3 Å². The first-order chi connectivity index (χ1) is 15.5. The number of methoxy groups -OCH3 is 1. The molecule has 0 saturated carbocycles. The van der Waals surface area contributed by atoms with Gasteiger partial charge >= 0.3 is 0 Å². The summed E-state index contributed by atoms with van der Waals surface area (Å²) in [4.78, 5) is 32.9. The molecule has 0 fully saturated rings. The van der Waals surface area contributed by atoms with E-state index in [9.17, 15) is 9.59 Å². The average molecular weight is 472 g/mol. The summed E-state index contributed by atoms with van der Waals surface area (Å²) in [7, 11) is 1.57. The van der Waals surface area contributed by atoms with Crippen LogP contribution >= 0.6 is 23.4 Å². The van der Waals surface area contributed by atoms with Crippen molar-refractivity contribution in [2.45, 2.75) is 30.2 Å². The molecule has 0 bridgehead atoms. The minimum atomic E-state index is -0.442. The number of rotatable bonds is 7. The largest absolute Gasteiger partial charge is 0.493 e. The number of hydrogen-bond donors (Lipinski definition) is 2. The number of nitrogens with zero attached hydrogens (tertiary/aromatic N) is 1. The molecule has 0 radical (unpaired) electrons. The second-order valence-electron chi connectivity index (χ2n) is 7.16. The zero-order valence-corrected chi connectivity index (χ0v) is 19.2. The van der Waals surface area contributed by atoms with Crippen LogP contribution in [0.15, 0.2) is 52.4 Å². The highest BCUT2D eigenvalue weighted by molar-refractivity contribution is 7.98. The monoisotopic (exact) mass is 471 g/mol. The Morgan fingerprint density at radius 1 is 1.19 bits per heavy atom. The number of hydrogen-bond acceptors (Lipinski definition) is 6. The van der Waals surface area contributed by atoms with Gasteiger partial charge in [-0.2, -0.15) is 0 Å². The molecule has 7 nitrogen and oxygen atoms in total. The molecular formula is C23H22ClN3O4S. The standard InChI is InChI=1S/C23H22ClN3O4S/c1-3-31-18-10-13(8-9-17(18)30-2)15-11-19(28)25-21-20(15)22(29)27-23(26-21)32-12-14-6-4-5-7-16(14)24/h4-10,15H,3,11-12H2,1-2H3,(H2,25,26,27,28,29)/t15-/m1/s1. The normalized spacial score (nSPS) is 15.1. The Kier molecular flexibility index (Phi) is 6.72.